The number of hydrogen-bond donors (Lipinski definition) is 1. The van der Waals surface area contributed by atoms with Crippen LogP contribution in [0.15, 0.2) is 36.4 Å². The van der Waals surface area contributed by atoms with Crippen LogP contribution in [0.4, 0.5) is 5.69 Å². The van der Waals surface area contributed by atoms with Crippen LogP contribution in [0.5, 0.6) is 5.75 Å². The molecule has 1 heterocycles. The van der Waals surface area contributed by atoms with E-state index in [1.54, 1.807) is 13.0 Å². The summed E-state index contributed by atoms with van der Waals surface area (Å²) >= 11 is 0. The molecular formula is C21H21NO4. The summed E-state index contributed by atoms with van der Waals surface area (Å²) in [4.78, 5) is 26.6. The number of para-hydroxylation sites is 1. The zero-order valence-corrected chi connectivity index (χ0v) is 14.7. The lowest BCUT2D eigenvalue weighted by molar-refractivity contribution is -0.142. The minimum Gasteiger partial charge on any atom is -0.508 e. The number of phenols is 1. The van der Waals surface area contributed by atoms with Gasteiger partial charge in [-0.25, -0.2) is 0 Å². The van der Waals surface area contributed by atoms with Gasteiger partial charge in [0.15, 0.2) is 0 Å². The standard InChI is InChI=1S/C21H21NO4/c1-2-26-19(24)12-22-17-9-4-3-8-15(17)20(21(22)25)16-10-13-6-5-7-14(13)11-18(16)23/h3-4,8-11,20,23H,2,5-7,12H2,1H3. The van der Waals surface area contributed by atoms with E-state index in [1.165, 1.54) is 10.5 Å². The van der Waals surface area contributed by atoms with Crippen LogP contribution in [-0.4, -0.2) is 30.1 Å². The fourth-order valence-corrected chi connectivity index (χ4v) is 4.05. The Hall–Kier alpha value is -2.82. The molecule has 1 N–H and O–H groups in total. The van der Waals surface area contributed by atoms with Crippen LogP contribution < -0.4 is 4.90 Å². The number of ether oxygens (including phenoxy) is 1. The van der Waals surface area contributed by atoms with E-state index in [9.17, 15) is 14.7 Å². The highest BCUT2D eigenvalue weighted by Crippen LogP contribution is 2.45. The van der Waals surface area contributed by atoms with Gasteiger partial charge >= 0.3 is 5.97 Å². The number of phenolic OH excluding ortho intramolecular Hbond substituents is 1. The summed E-state index contributed by atoms with van der Waals surface area (Å²) in [5.41, 5.74) is 4.50. The molecule has 2 aromatic rings. The number of anilines is 1. The van der Waals surface area contributed by atoms with Gasteiger partial charge in [-0.05, 0) is 55.0 Å². The molecule has 5 heteroatoms. The maximum absolute atomic E-state index is 13.2. The van der Waals surface area contributed by atoms with Crippen molar-refractivity contribution in [3.05, 3.63) is 58.7 Å². The molecule has 134 valence electrons. The lowest BCUT2D eigenvalue weighted by Gasteiger charge is -2.18. The number of carbonyl (C=O) groups is 2. The second kappa shape index (κ2) is 6.48. The average molecular weight is 351 g/mol. The summed E-state index contributed by atoms with van der Waals surface area (Å²) in [7, 11) is 0. The van der Waals surface area contributed by atoms with E-state index in [0.717, 1.165) is 30.4 Å². The van der Waals surface area contributed by atoms with Gasteiger partial charge in [0.2, 0.25) is 5.91 Å². The van der Waals surface area contributed by atoms with E-state index in [0.29, 0.717) is 11.3 Å². The van der Waals surface area contributed by atoms with Gasteiger partial charge in [0.1, 0.15) is 12.3 Å². The van der Waals surface area contributed by atoms with Gasteiger partial charge < -0.3 is 14.7 Å². The Kier molecular flexibility index (Phi) is 4.15. The maximum atomic E-state index is 13.2. The van der Waals surface area contributed by atoms with Crippen molar-refractivity contribution < 1.29 is 19.4 Å². The van der Waals surface area contributed by atoms with Crippen LogP contribution in [0, 0.1) is 0 Å². The predicted molar refractivity (Wildman–Crippen MR) is 97.4 cm³/mol. The first-order chi connectivity index (χ1) is 12.6. The molecule has 1 aliphatic heterocycles. The van der Waals surface area contributed by atoms with Gasteiger partial charge in [-0.2, -0.15) is 0 Å². The number of aryl methyl sites for hydroxylation is 2. The highest BCUT2D eigenvalue weighted by Gasteiger charge is 2.40. The van der Waals surface area contributed by atoms with Crippen LogP contribution in [-0.2, 0) is 27.2 Å². The number of benzene rings is 2. The number of hydrogen-bond acceptors (Lipinski definition) is 4. The molecule has 4 rings (SSSR count). The predicted octanol–water partition coefficient (Wildman–Crippen LogP) is 2.92. The van der Waals surface area contributed by atoms with Gasteiger partial charge in [0, 0.05) is 11.3 Å². The Morgan fingerprint density at radius 1 is 1.19 bits per heavy atom. The third kappa shape index (κ3) is 2.64. The zero-order chi connectivity index (χ0) is 18.3. The molecule has 0 spiro atoms. The second-order valence-corrected chi connectivity index (χ2v) is 6.75. The highest BCUT2D eigenvalue weighted by molar-refractivity contribution is 6.09. The molecule has 0 radical (unpaired) electrons. The Bertz CT molecular complexity index is 890. The minimum absolute atomic E-state index is 0.119. The quantitative estimate of drug-likeness (QED) is 0.860. The normalized spacial score (nSPS) is 18.0. The number of nitrogens with zero attached hydrogens (tertiary/aromatic N) is 1. The summed E-state index contributed by atoms with van der Waals surface area (Å²) < 4.78 is 5.01. The summed E-state index contributed by atoms with van der Waals surface area (Å²) in [6.45, 7) is 1.90. The maximum Gasteiger partial charge on any atom is 0.326 e. The summed E-state index contributed by atoms with van der Waals surface area (Å²) in [5.74, 6) is -1.08. The van der Waals surface area contributed by atoms with Crippen LogP contribution in [0.25, 0.3) is 0 Å². The molecule has 1 unspecified atom stereocenters. The fraction of sp³-hybridized carbons (Fsp3) is 0.333. The third-order valence-corrected chi connectivity index (χ3v) is 5.20. The molecule has 0 bridgehead atoms. The monoisotopic (exact) mass is 351 g/mol. The van der Waals surface area contributed by atoms with E-state index < -0.39 is 11.9 Å². The third-order valence-electron chi connectivity index (χ3n) is 5.20. The van der Waals surface area contributed by atoms with Crippen molar-refractivity contribution in [2.75, 3.05) is 18.1 Å². The Morgan fingerprint density at radius 3 is 2.69 bits per heavy atom. The Balaban J connectivity index is 1.76. The number of amides is 1. The number of fused-ring (bicyclic) bond motifs is 2. The largest absolute Gasteiger partial charge is 0.508 e. The van der Waals surface area contributed by atoms with Crippen molar-refractivity contribution in [2.45, 2.75) is 32.1 Å². The van der Waals surface area contributed by atoms with Crippen LogP contribution in [0.3, 0.4) is 0 Å². The first-order valence-electron chi connectivity index (χ1n) is 9.00. The molecular weight excluding hydrogens is 330 g/mol. The van der Waals surface area contributed by atoms with Crippen LogP contribution >= 0.6 is 0 Å². The summed E-state index contributed by atoms with van der Waals surface area (Å²) in [6, 6.07) is 11.2. The van der Waals surface area contributed by atoms with Crippen LogP contribution in [0.2, 0.25) is 0 Å². The van der Waals surface area contributed by atoms with E-state index in [1.807, 2.05) is 30.3 Å². The van der Waals surface area contributed by atoms with Crippen molar-refractivity contribution in [1.82, 2.24) is 0 Å². The molecule has 0 saturated carbocycles. The van der Waals surface area contributed by atoms with Gasteiger partial charge in [0.05, 0.1) is 12.5 Å². The molecule has 1 aliphatic carbocycles. The van der Waals surface area contributed by atoms with Crippen molar-refractivity contribution in [1.29, 1.82) is 0 Å². The van der Waals surface area contributed by atoms with Gasteiger partial charge in [0.25, 0.3) is 0 Å². The molecule has 0 fully saturated rings. The highest BCUT2D eigenvalue weighted by atomic mass is 16.5. The number of aromatic hydroxyl groups is 1. The molecule has 1 amide bonds. The SMILES string of the molecule is CCOC(=O)CN1C(=O)C(c2cc3c(cc2O)CCC3)c2ccccc21. The van der Waals surface area contributed by atoms with E-state index in [-0.39, 0.29) is 24.8 Å². The molecule has 26 heavy (non-hydrogen) atoms. The van der Waals surface area contributed by atoms with E-state index >= 15 is 0 Å². The second-order valence-electron chi connectivity index (χ2n) is 6.75. The molecule has 2 aliphatic rings. The van der Waals surface area contributed by atoms with Crippen LogP contribution in [0.1, 0.15) is 41.5 Å². The topological polar surface area (TPSA) is 66.8 Å². The molecule has 0 saturated heterocycles. The number of esters is 1. The van der Waals surface area contributed by atoms with Gasteiger partial charge in [-0.3, -0.25) is 9.59 Å². The van der Waals surface area contributed by atoms with Gasteiger partial charge in [-0.15, -0.1) is 0 Å². The molecule has 5 nitrogen and oxygen atoms in total. The first kappa shape index (κ1) is 16.6. The van der Waals surface area contributed by atoms with E-state index in [2.05, 4.69) is 0 Å². The van der Waals surface area contributed by atoms with Crippen molar-refractivity contribution >= 4 is 17.6 Å². The fourth-order valence-electron chi connectivity index (χ4n) is 4.05. The summed E-state index contributed by atoms with van der Waals surface area (Å²) in [5, 5.41) is 10.6. The lowest BCUT2D eigenvalue weighted by atomic mass is 9.89. The smallest absolute Gasteiger partial charge is 0.326 e. The van der Waals surface area contributed by atoms with Crippen molar-refractivity contribution in [3.8, 4) is 5.75 Å². The average Bonchev–Trinajstić information content (AvgIpc) is 3.17. The van der Waals surface area contributed by atoms with Crippen molar-refractivity contribution in [2.24, 2.45) is 0 Å². The number of rotatable bonds is 4. The molecule has 2 aromatic carbocycles. The Labute approximate surface area is 152 Å². The zero-order valence-electron chi connectivity index (χ0n) is 14.7. The van der Waals surface area contributed by atoms with Crippen molar-refractivity contribution in [3.63, 3.8) is 0 Å². The van der Waals surface area contributed by atoms with E-state index in [4.69, 9.17) is 4.74 Å². The minimum atomic E-state index is -0.591. The summed E-state index contributed by atoms with van der Waals surface area (Å²) in [6.07, 6.45) is 3.01. The van der Waals surface area contributed by atoms with Gasteiger partial charge in [-0.1, -0.05) is 24.3 Å². The lowest BCUT2D eigenvalue weighted by Crippen LogP contribution is -2.35. The molecule has 0 aromatic heterocycles. The Morgan fingerprint density at radius 2 is 1.92 bits per heavy atom. The first-order valence-corrected chi connectivity index (χ1v) is 9.00. The molecule has 1 atom stereocenters. The number of carbonyl (C=O) groups excluding carboxylic acids is 2.